The average Bonchev–Trinajstić information content (AvgIpc) is 2.91. The fourth-order valence-electron chi connectivity index (χ4n) is 2.49. The van der Waals surface area contributed by atoms with Gasteiger partial charge in [-0.05, 0) is 56.2 Å². The van der Waals surface area contributed by atoms with Gasteiger partial charge < -0.3 is 9.72 Å². The van der Waals surface area contributed by atoms with Crippen molar-refractivity contribution in [1.29, 1.82) is 0 Å². The van der Waals surface area contributed by atoms with Gasteiger partial charge in [-0.3, -0.25) is 10.1 Å². The van der Waals surface area contributed by atoms with Crippen molar-refractivity contribution >= 4 is 16.7 Å². The van der Waals surface area contributed by atoms with Crippen LogP contribution in [0.1, 0.15) is 18.1 Å². The fourth-order valence-corrected chi connectivity index (χ4v) is 2.49. The molecule has 23 heavy (non-hydrogen) atoms. The summed E-state index contributed by atoms with van der Waals surface area (Å²) in [7, 11) is 0. The number of benzene rings is 2. The number of aryl methyl sites for hydroxylation is 2. The number of ether oxygens (including phenoxy) is 1. The third-order valence-electron chi connectivity index (χ3n) is 3.83. The minimum Gasteiger partial charge on any atom is -0.487 e. The van der Waals surface area contributed by atoms with E-state index in [0.717, 1.165) is 16.6 Å². The maximum absolute atomic E-state index is 11.2. The van der Waals surface area contributed by atoms with E-state index in [-0.39, 0.29) is 11.4 Å². The van der Waals surface area contributed by atoms with Gasteiger partial charge in [0.25, 0.3) is 0 Å². The van der Waals surface area contributed by atoms with Crippen LogP contribution in [0.25, 0.3) is 22.4 Å². The maximum Gasteiger partial charge on any atom is 0.311 e. The van der Waals surface area contributed by atoms with Crippen molar-refractivity contribution in [3.63, 3.8) is 0 Å². The molecule has 1 N–H and O–H groups in total. The van der Waals surface area contributed by atoms with Crippen LogP contribution in [0.4, 0.5) is 5.69 Å². The number of fused-ring (bicyclic) bond motifs is 1. The van der Waals surface area contributed by atoms with E-state index in [1.54, 1.807) is 19.1 Å². The lowest BCUT2D eigenvalue weighted by Gasteiger charge is -2.05. The van der Waals surface area contributed by atoms with Crippen LogP contribution in [0.5, 0.6) is 5.75 Å². The second kappa shape index (κ2) is 5.72. The van der Waals surface area contributed by atoms with E-state index in [4.69, 9.17) is 4.74 Å². The summed E-state index contributed by atoms with van der Waals surface area (Å²) in [6, 6.07) is 8.91. The molecule has 0 aliphatic rings. The zero-order valence-corrected chi connectivity index (χ0v) is 13.2. The minimum absolute atomic E-state index is 0.0582. The Kier molecular flexibility index (Phi) is 3.73. The minimum atomic E-state index is -0.439. The van der Waals surface area contributed by atoms with E-state index in [1.807, 2.05) is 26.0 Å². The summed E-state index contributed by atoms with van der Waals surface area (Å²) in [6.07, 6.45) is 0. The molecular formula is C17H17N3O3. The number of nitrogens with one attached hydrogen (secondary N) is 1. The Labute approximate surface area is 133 Å². The highest BCUT2D eigenvalue weighted by molar-refractivity contribution is 5.81. The van der Waals surface area contributed by atoms with Crippen LogP contribution in [0.15, 0.2) is 30.3 Å². The Morgan fingerprint density at radius 1 is 1.22 bits per heavy atom. The maximum atomic E-state index is 11.2. The summed E-state index contributed by atoms with van der Waals surface area (Å²) < 4.78 is 5.31. The fraction of sp³-hybridized carbons (Fsp3) is 0.235. The smallest absolute Gasteiger partial charge is 0.311 e. The molecule has 0 unspecified atom stereocenters. The molecule has 118 valence electrons. The van der Waals surface area contributed by atoms with Gasteiger partial charge in [-0.2, -0.15) is 0 Å². The van der Waals surface area contributed by atoms with E-state index in [2.05, 4.69) is 9.97 Å². The SMILES string of the molecule is CCOc1ccc(-c2nc3cc(C)c(C)cc3[nH]2)cc1[N+](=O)[O-]. The van der Waals surface area contributed by atoms with Crippen LogP contribution >= 0.6 is 0 Å². The van der Waals surface area contributed by atoms with Crippen LogP contribution in [0, 0.1) is 24.0 Å². The molecule has 0 bridgehead atoms. The van der Waals surface area contributed by atoms with Crippen LogP contribution < -0.4 is 4.74 Å². The molecule has 0 aliphatic heterocycles. The molecule has 0 saturated carbocycles. The Morgan fingerprint density at radius 2 is 1.96 bits per heavy atom. The summed E-state index contributed by atoms with van der Waals surface area (Å²) in [6.45, 7) is 6.24. The average molecular weight is 311 g/mol. The lowest BCUT2D eigenvalue weighted by atomic mass is 10.1. The topological polar surface area (TPSA) is 81.0 Å². The number of nitro benzene ring substituents is 1. The molecule has 3 rings (SSSR count). The van der Waals surface area contributed by atoms with Crippen molar-refractivity contribution in [3.05, 3.63) is 51.6 Å². The molecular weight excluding hydrogens is 294 g/mol. The first-order valence-electron chi connectivity index (χ1n) is 7.38. The van der Waals surface area contributed by atoms with E-state index in [9.17, 15) is 10.1 Å². The van der Waals surface area contributed by atoms with Gasteiger partial charge in [-0.1, -0.05) is 0 Å². The molecule has 0 radical (unpaired) electrons. The number of rotatable bonds is 4. The van der Waals surface area contributed by atoms with Gasteiger partial charge in [0.2, 0.25) is 0 Å². The highest BCUT2D eigenvalue weighted by atomic mass is 16.6. The van der Waals surface area contributed by atoms with Crippen molar-refractivity contribution in [1.82, 2.24) is 9.97 Å². The van der Waals surface area contributed by atoms with E-state index in [0.29, 0.717) is 18.0 Å². The Morgan fingerprint density at radius 3 is 2.65 bits per heavy atom. The standard InChI is InChI=1S/C17H17N3O3/c1-4-23-16-6-5-12(9-15(16)20(21)22)17-18-13-7-10(2)11(3)8-14(13)19-17/h5-9H,4H2,1-3H3,(H,18,19). The number of aromatic amines is 1. The molecule has 6 nitrogen and oxygen atoms in total. The third-order valence-corrected chi connectivity index (χ3v) is 3.83. The zero-order chi connectivity index (χ0) is 16.6. The van der Waals surface area contributed by atoms with Crippen LogP contribution in [0.3, 0.4) is 0 Å². The predicted octanol–water partition coefficient (Wildman–Crippen LogP) is 4.15. The van der Waals surface area contributed by atoms with Crippen LogP contribution in [0.2, 0.25) is 0 Å². The van der Waals surface area contributed by atoms with Crippen LogP contribution in [-0.2, 0) is 0 Å². The van der Waals surface area contributed by atoms with Crippen molar-refractivity contribution in [2.24, 2.45) is 0 Å². The molecule has 0 aliphatic carbocycles. The van der Waals surface area contributed by atoms with Crippen LogP contribution in [-0.4, -0.2) is 21.5 Å². The van der Waals surface area contributed by atoms with Gasteiger partial charge in [0, 0.05) is 11.6 Å². The molecule has 1 aromatic heterocycles. The number of hydrogen-bond donors (Lipinski definition) is 1. The van der Waals surface area contributed by atoms with Crippen molar-refractivity contribution in [2.45, 2.75) is 20.8 Å². The third kappa shape index (κ3) is 2.75. The zero-order valence-electron chi connectivity index (χ0n) is 13.2. The van der Waals surface area contributed by atoms with E-state index < -0.39 is 4.92 Å². The second-order valence-electron chi connectivity index (χ2n) is 5.41. The monoisotopic (exact) mass is 311 g/mol. The molecule has 0 amide bonds. The number of hydrogen-bond acceptors (Lipinski definition) is 4. The summed E-state index contributed by atoms with van der Waals surface area (Å²) in [5, 5.41) is 11.2. The van der Waals surface area contributed by atoms with E-state index in [1.165, 1.54) is 11.6 Å². The number of nitro groups is 1. The van der Waals surface area contributed by atoms with Gasteiger partial charge in [0.05, 0.1) is 22.6 Å². The molecule has 0 atom stereocenters. The molecule has 6 heteroatoms. The van der Waals surface area contributed by atoms with Gasteiger partial charge in [-0.25, -0.2) is 4.98 Å². The quantitative estimate of drug-likeness (QED) is 0.579. The molecule has 2 aromatic carbocycles. The van der Waals surface area contributed by atoms with Gasteiger partial charge in [-0.15, -0.1) is 0 Å². The summed E-state index contributed by atoms with van der Waals surface area (Å²) in [4.78, 5) is 18.6. The van der Waals surface area contributed by atoms with E-state index >= 15 is 0 Å². The largest absolute Gasteiger partial charge is 0.487 e. The van der Waals surface area contributed by atoms with Crippen molar-refractivity contribution in [2.75, 3.05) is 6.61 Å². The Bertz CT molecular complexity index is 860. The van der Waals surface area contributed by atoms with Gasteiger partial charge in [0.15, 0.2) is 5.75 Å². The first-order chi connectivity index (χ1) is 11.0. The summed E-state index contributed by atoms with van der Waals surface area (Å²) >= 11 is 0. The summed E-state index contributed by atoms with van der Waals surface area (Å²) in [5.41, 5.74) is 4.70. The lowest BCUT2D eigenvalue weighted by molar-refractivity contribution is -0.385. The van der Waals surface area contributed by atoms with Crippen molar-refractivity contribution in [3.8, 4) is 17.1 Å². The Balaban J connectivity index is 2.11. The Hall–Kier alpha value is -2.89. The molecule has 3 aromatic rings. The van der Waals surface area contributed by atoms with Gasteiger partial charge in [0.1, 0.15) is 5.82 Å². The highest BCUT2D eigenvalue weighted by Crippen LogP contribution is 2.32. The molecule has 0 spiro atoms. The first-order valence-corrected chi connectivity index (χ1v) is 7.38. The number of H-pyrrole nitrogens is 1. The normalized spacial score (nSPS) is 10.9. The molecule has 1 heterocycles. The molecule has 0 fully saturated rings. The second-order valence-corrected chi connectivity index (χ2v) is 5.41. The predicted molar refractivity (Wildman–Crippen MR) is 88.8 cm³/mol. The lowest BCUT2D eigenvalue weighted by Crippen LogP contribution is -1.98. The number of nitrogens with zero attached hydrogens (tertiary/aromatic N) is 2. The number of aromatic nitrogens is 2. The molecule has 0 saturated heterocycles. The highest BCUT2D eigenvalue weighted by Gasteiger charge is 2.17. The first kappa shape index (κ1) is 15.0. The van der Waals surface area contributed by atoms with Crippen molar-refractivity contribution < 1.29 is 9.66 Å². The van der Waals surface area contributed by atoms with Gasteiger partial charge >= 0.3 is 5.69 Å². The number of imidazole rings is 1. The summed E-state index contributed by atoms with van der Waals surface area (Å²) in [5.74, 6) is 0.875.